The first kappa shape index (κ1) is 19.2. The van der Waals surface area contributed by atoms with Gasteiger partial charge in [-0.25, -0.2) is 9.48 Å². The van der Waals surface area contributed by atoms with Gasteiger partial charge in [0.1, 0.15) is 12.1 Å². The minimum absolute atomic E-state index is 0.468. The molecule has 0 aromatic carbocycles. The number of aromatic nitrogens is 6. The molecule has 10 nitrogen and oxygen atoms in total. The number of aliphatic hydroxyl groups is 1. The predicted molar refractivity (Wildman–Crippen MR) is 102 cm³/mol. The zero-order valence-electron chi connectivity index (χ0n) is 15.9. The number of nitrogens with zero attached hydrogens (tertiary/aromatic N) is 5. The zero-order chi connectivity index (χ0) is 20.4. The summed E-state index contributed by atoms with van der Waals surface area (Å²) in [6.45, 7) is 1.89. The first-order chi connectivity index (χ1) is 14.1. The Bertz CT molecular complexity index is 1080. The molecule has 0 saturated carbocycles. The lowest BCUT2D eigenvalue weighted by Gasteiger charge is -2.21. The maximum Gasteiger partial charge on any atom is 0.330 e. The third-order valence-electron chi connectivity index (χ3n) is 5.09. The van der Waals surface area contributed by atoms with E-state index in [1.165, 1.54) is 21.5 Å². The van der Waals surface area contributed by atoms with Crippen LogP contribution in [0.2, 0.25) is 0 Å². The van der Waals surface area contributed by atoms with Crippen LogP contribution in [0.5, 0.6) is 0 Å². The van der Waals surface area contributed by atoms with Crippen LogP contribution in [0.1, 0.15) is 37.0 Å². The van der Waals surface area contributed by atoms with Crippen LogP contribution in [0.4, 0.5) is 0 Å². The Hall–Kier alpha value is -3.11. The van der Waals surface area contributed by atoms with Gasteiger partial charge in [-0.1, -0.05) is 18.2 Å². The highest BCUT2D eigenvalue weighted by Crippen LogP contribution is 2.38. The van der Waals surface area contributed by atoms with Crippen LogP contribution in [0, 0.1) is 0 Å². The number of nitrogens with one attached hydrogen (secondary N) is 1. The molecule has 1 unspecified atom stereocenters. The molecule has 0 spiro atoms. The first-order valence-electron chi connectivity index (χ1n) is 9.52. The summed E-state index contributed by atoms with van der Waals surface area (Å²) in [5, 5.41) is 19.2. The van der Waals surface area contributed by atoms with Gasteiger partial charge in [0.25, 0.3) is 5.56 Å². The fraction of sp³-hybridized carbons (Fsp3) is 0.421. The van der Waals surface area contributed by atoms with Gasteiger partial charge in [-0.05, 0) is 31.4 Å². The number of hydrogen-bond donors (Lipinski definition) is 2. The first-order valence-corrected chi connectivity index (χ1v) is 9.52. The fourth-order valence-electron chi connectivity index (χ4n) is 3.59. The van der Waals surface area contributed by atoms with Crippen molar-refractivity contribution in [3.05, 3.63) is 75.1 Å². The summed E-state index contributed by atoms with van der Waals surface area (Å²) >= 11 is 0. The lowest BCUT2D eigenvalue weighted by Crippen LogP contribution is -2.36. The van der Waals surface area contributed by atoms with E-state index in [4.69, 9.17) is 4.74 Å². The summed E-state index contributed by atoms with van der Waals surface area (Å²) in [7, 11) is 0. The summed E-state index contributed by atoms with van der Waals surface area (Å²) in [6, 6.07) is 6.34. The van der Waals surface area contributed by atoms with E-state index in [2.05, 4.69) is 20.3 Å². The maximum absolute atomic E-state index is 12.3. The largest absolute Gasteiger partial charge is 0.388 e. The van der Waals surface area contributed by atoms with Gasteiger partial charge in [-0.2, -0.15) is 0 Å². The lowest BCUT2D eigenvalue weighted by atomic mass is 10.1. The topological polar surface area (TPSA) is 128 Å². The minimum Gasteiger partial charge on any atom is -0.388 e. The quantitative estimate of drug-likeness (QED) is 0.608. The number of hydrogen-bond acceptors (Lipinski definition) is 7. The number of pyridine rings is 1. The SMILES string of the molecule is CC[C@H]1O[C@@H](n2ccc(=O)[nH]c2=O)[C@@H](n2cc(CCc3ccccn3)nn2)C1O. The monoisotopic (exact) mass is 398 g/mol. The van der Waals surface area contributed by atoms with E-state index in [0.717, 1.165) is 11.4 Å². The summed E-state index contributed by atoms with van der Waals surface area (Å²) in [5.74, 6) is 0. The average molecular weight is 398 g/mol. The van der Waals surface area contributed by atoms with Crippen molar-refractivity contribution in [3.63, 3.8) is 0 Å². The molecule has 0 bridgehead atoms. The number of aryl methyl sites for hydroxylation is 2. The van der Waals surface area contributed by atoms with E-state index < -0.39 is 35.7 Å². The van der Waals surface area contributed by atoms with Crippen molar-refractivity contribution < 1.29 is 9.84 Å². The number of ether oxygens (including phenoxy) is 1. The summed E-state index contributed by atoms with van der Waals surface area (Å²) in [6.07, 6.45) is 4.61. The van der Waals surface area contributed by atoms with E-state index in [0.29, 0.717) is 19.3 Å². The molecule has 3 aromatic heterocycles. The highest BCUT2D eigenvalue weighted by molar-refractivity contribution is 5.07. The summed E-state index contributed by atoms with van der Waals surface area (Å²) in [5.41, 5.74) is 0.600. The molecule has 4 heterocycles. The van der Waals surface area contributed by atoms with Crippen LogP contribution in [-0.4, -0.2) is 46.8 Å². The van der Waals surface area contributed by atoms with Gasteiger partial charge >= 0.3 is 5.69 Å². The van der Waals surface area contributed by atoms with Crippen molar-refractivity contribution in [2.45, 2.75) is 50.7 Å². The highest BCUT2D eigenvalue weighted by atomic mass is 16.5. The van der Waals surface area contributed by atoms with Crippen LogP contribution in [-0.2, 0) is 17.6 Å². The van der Waals surface area contributed by atoms with Crippen molar-refractivity contribution in [3.8, 4) is 0 Å². The number of H-pyrrole nitrogens is 1. The molecular formula is C19H22N6O4. The molecule has 0 radical (unpaired) electrons. The van der Waals surface area contributed by atoms with Gasteiger partial charge < -0.3 is 9.84 Å². The molecule has 4 rings (SSSR count). The van der Waals surface area contributed by atoms with Crippen molar-refractivity contribution in [2.24, 2.45) is 0 Å². The Morgan fingerprint density at radius 1 is 1.21 bits per heavy atom. The van der Waals surface area contributed by atoms with Crippen LogP contribution in [0.3, 0.4) is 0 Å². The second kappa shape index (κ2) is 8.10. The van der Waals surface area contributed by atoms with E-state index in [-0.39, 0.29) is 0 Å². The lowest BCUT2D eigenvalue weighted by molar-refractivity contribution is -0.0256. The van der Waals surface area contributed by atoms with Gasteiger partial charge in [0, 0.05) is 30.4 Å². The van der Waals surface area contributed by atoms with Crippen molar-refractivity contribution in [1.82, 2.24) is 29.5 Å². The third kappa shape index (κ3) is 3.89. The molecular weight excluding hydrogens is 376 g/mol. The molecule has 10 heteroatoms. The average Bonchev–Trinajstić information content (AvgIpc) is 3.31. The molecule has 1 aliphatic rings. The van der Waals surface area contributed by atoms with E-state index in [1.54, 1.807) is 12.4 Å². The molecule has 29 heavy (non-hydrogen) atoms. The van der Waals surface area contributed by atoms with Crippen molar-refractivity contribution in [2.75, 3.05) is 0 Å². The number of aromatic amines is 1. The minimum atomic E-state index is -0.880. The van der Waals surface area contributed by atoms with Crippen molar-refractivity contribution in [1.29, 1.82) is 0 Å². The van der Waals surface area contributed by atoms with E-state index >= 15 is 0 Å². The smallest absolute Gasteiger partial charge is 0.330 e. The fourth-order valence-corrected chi connectivity index (χ4v) is 3.59. The van der Waals surface area contributed by atoms with Crippen LogP contribution in [0.15, 0.2) is 52.4 Å². The van der Waals surface area contributed by atoms with Gasteiger partial charge in [0.05, 0.1) is 11.8 Å². The molecule has 1 fully saturated rings. The normalized spacial score (nSPS) is 24.1. The molecule has 1 aliphatic heterocycles. The second-order valence-corrected chi connectivity index (χ2v) is 6.98. The number of rotatable bonds is 6. The zero-order valence-corrected chi connectivity index (χ0v) is 15.9. The van der Waals surface area contributed by atoms with Crippen LogP contribution in [0.25, 0.3) is 0 Å². The van der Waals surface area contributed by atoms with Crippen LogP contribution < -0.4 is 11.2 Å². The number of aliphatic hydroxyl groups excluding tert-OH is 1. The Morgan fingerprint density at radius 3 is 2.76 bits per heavy atom. The Labute approximate surface area is 165 Å². The second-order valence-electron chi connectivity index (χ2n) is 6.98. The Morgan fingerprint density at radius 2 is 2.03 bits per heavy atom. The molecule has 2 N–H and O–H groups in total. The summed E-state index contributed by atoms with van der Waals surface area (Å²) < 4.78 is 8.73. The van der Waals surface area contributed by atoms with E-state index in [1.807, 2.05) is 25.1 Å². The molecule has 4 atom stereocenters. The molecule has 0 aliphatic carbocycles. The van der Waals surface area contributed by atoms with Gasteiger partial charge in [0.15, 0.2) is 6.23 Å². The highest BCUT2D eigenvalue weighted by Gasteiger charge is 2.46. The summed E-state index contributed by atoms with van der Waals surface area (Å²) in [4.78, 5) is 30.2. The standard InChI is InChI=1S/C19H22N6O4/c1-2-14-17(27)16(18(29-14)24-10-8-15(26)21-19(24)28)25-11-13(22-23-25)7-6-12-5-3-4-9-20-12/h3-5,8-11,14,16-18,27H,2,6-7H2,1H3,(H,21,26,28)/t14-,16+,17?,18-/m1/s1. The van der Waals surface area contributed by atoms with E-state index in [9.17, 15) is 14.7 Å². The molecule has 0 amide bonds. The van der Waals surface area contributed by atoms with Gasteiger partial charge in [-0.3, -0.25) is 19.3 Å². The Kier molecular flexibility index (Phi) is 5.36. The Balaban J connectivity index is 1.59. The molecule has 1 saturated heterocycles. The van der Waals surface area contributed by atoms with Crippen LogP contribution >= 0.6 is 0 Å². The molecule has 3 aromatic rings. The molecule has 152 valence electrons. The predicted octanol–water partition coefficient (Wildman–Crippen LogP) is 0.218. The third-order valence-corrected chi connectivity index (χ3v) is 5.09. The maximum atomic E-state index is 12.3. The van der Waals surface area contributed by atoms with Crippen molar-refractivity contribution >= 4 is 0 Å². The van der Waals surface area contributed by atoms with Gasteiger partial charge in [-0.15, -0.1) is 5.10 Å². The van der Waals surface area contributed by atoms with Gasteiger partial charge in [0.2, 0.25) is 0 Å².